The van der Waals surface area contributed by atoms with Crippen molar-refractivity contribution in [2.24, 2.45) is 5.92 Å². The number of rotatable bonds is 5. The monoisotopic (exact) mass is 405 g/mol. The summed E-state index contributed by atoms with van der Waals surface area (Å²) >= 11 is 12.0. The van der Waals surface area contributed by atoms with Crippen molar-refractivity contribution < 1.29 is 9.59 Å². The van der Waals surface area contributed by atoms with Crippen molar-refractivity contribution in [3.05, 3.63) is 33.8 Å². The summed E-state index contributed by atoms with van der Waals surface area (Å²) in [5, 5.41) is 4.08. The van der Waals surface area contributed by atoms with Gasteiger partial charge in [0.25, 0.3) is 5.91 Å². The highest BCUT2D eigenvalue weighted by Gasteiger charge is 2.26. The number of amides is 2. The van der Waals surface area contributed by atoms with Gasteiger partial charge in [0.05, 0.1) is 17.1 Å². The number of halogens is 3. The Morgan fingerprint density at radius 1 is 1.08 bits per heavy atom. The van der Waals surface area contributed by atoms with Crippen LogP contribution >= 0.6 is 35.6 Å². The summed E-state index contributed by atoms with van der Waals surface area (Å²) in [5.74, 6) is 0.749. The molecule has 1 heterocycles. The van der Waals surface area contributed by atoms with Gasteiger partial charge in [0, 0.05) is 31.2 Å². The lowest BCUT2D eigenvalue weighted by molar-refractivity contribution is -0.131. The molecular weight excluding hydrogens is 385 g/mol. The second-order valence-corrected chi connectivity index (χ2v) is 7.22. The largest absolute Gasteiger partial charge is 0.338 e. The third-order valence-corrected chi connectivity index (χ3v) is 5.04. The Balaban J connectivity index is 0.00000225. The summed E-state index contributed by atoms with van der Waals surface area (Å²) < 4.78 is 0. The Hall–Kier alpha value is -1.01. The number of hydrogen-bond donors (Lipinski definition) is 1. The van der Waals surface area contributed by atoms with Crippen LogP contribution in [0.1, 0.15) is 23.2 Å². The average Bonchev–Trinajstić information content (AvgIpc) is 3.39. The van der Waals surface area contributed by atoms with Gasteiger partial charge in [-0.3, -0.25) is 9.59 Å². The number of benzene rings is 1. The number of carbonyl (C=O) groups excluding carboxylic acids is 2. The first-order chi connectivity index (χ1) is 11.5. The van der Waals surface area contributed by atoms with Crippen LogP contribution in [0, 0.1) is 5.92 Å². The molecular formula is C17H22Cl3N3O2. The molecule has 8 heteroatoms. The van der Waals surface area contributed by atoms with Crippen LogP contribution in [-0.4, -0.2) is 60.9 Å². The fourth-order valence-electron chi connectivity index (χ4n) is 2.81. The maximum atomic E-state index is 12.5. The molecule has 0 atom stereocenters. The maximum Gasteiger partial charge on any atom is 0.255 e. The third kappa shape index (κ3) is 5.48. The minimum Gasteiger partial charge on any atom is -0.338 e. The Morgan fingerprint density at radius 2 is 1.72 bits per heavy atom. The molecule has 0 radical (unpaired) electrons. The van der Waals surface area contributed by atoms with Crippen LogP contribution < -0.4 is 5.32 Å². The number of nitrogens with zero attached hydrogens (tertiary/aromatic N) is 2. The summed E-state index contributed by atoms with van der Waals surface area (Å²) in [6.45, 7) is 3.47. The molecule has 0 bridgehead atoms. The Bertz CT molecular complexity index is 630. The fraction of sp³-hybridized carbons (Fsp3) is 0.529. The van der Waals surface area contributed by atoms with E-state index in [0.717, 1.165) is 12.5 Å². The molecule has 2 fully saturated rings. The van der Waals surface area contributed by atoms with E-state index in [-0.39, 0.29) is 24.2 Å². The number of carbonyl (C=O) groups is 2. The van der Waals surface area contributed by atoms with E-state index in [1.54, 1.807) is 23.1 Å². The van der Waals surface area contributed by atoms with Crippen molar-refractivity contribution in [3.8, 4) is 0 Å². The molecule has 0 aromatic heterocycles. The molecule has 1 N–H and O–H groups in total. The predicted molar refractivity (Wildman–Crippen MR) is 102 cm³/mol. The second-order valence-electron chi connectivity index (χ2n) is 6.37. The third-order valence-electron chi connectivity index (χ3n) is 4.49. The number of hydrogen-bond acceptors (Lipinski definition) is 3. The minimum absolute atomic E-state index is 0. The molecule has 5 nitrogen and oxygen atoms in total. The first kappa shape index (κ1) is 20.3. The number of nitrogens with one attached hydrogen (secondary N) is 1. The van der Waals surface area contributed by atoms with Crippen molar-refractivity contribution in [2.45, 2.75) is 12.8 Å². The fourth-order valence-corrected chi connectivity index (χ4v) is 3.30. The molecule has 3 rings (SSSR count). The molecule has 2 aliphatic rings. The molecule has 25 heavy (non-hydrogen) atoms. The van der Waals surface area contributed by atoms with Crippen LogP contribution in [0.5, 0.6) is 0 Å². The second kappa shape index (κ2) is 9.08. The Kier molecular flexibility index (Phi) is 7.37. The van der Waals surface area contributed by atoms with E-state index in [9.17, 15) is 9.59 Å². The van der Waals surface area contributed by atoms with Gasteiger partial charge in [0.1, 0.15) is 0 Å². The molecule has 1 aromatic carbocycles. The standard InChI is InChI=1S/C17H21Cl2N3O2.ClH/c18-13-3-4-14(15(19)9-13)17(24)22-7-5-21(6-8-22)16(23)11-20-10-12-1-2-12;/h3-4,9,12,20H,1-2,5-8,10-11H2;1H. The van der Waals surface area contributed by atoms with Gasteiger partial charge >= 0.3 is 0 Å². The quantitative estimate of drug-likeness (QED) is 0.818. The van der Waals surface area contributed by atoms with Crippen LogP contribution in [0.15, 0.2) is 18.2 Å². The average molecular weight is 407 g/mol. The van der Waals surface area contributed by atoms with Crippen LogP contribution in [0.4, 0.5) is 0 Å². The van der Waals surface area contributed by atoms with E-state index >= 15 is 0 Å². The van der Waals surface area contributed by atoms with Gasteiger partial charge in [-0.15, -0.1) is 12.4 Å². The SMILES string of the molecule is Cl.O=C(CNCC1CC1)N1CCN(C(=O)c2ccc(Cl)cc2Cl)CC1. The highest BCUT2D eigenvalue weighted by Crippen LogP contribution is 2.27. The Labute approximate surface area is 164 Å². The van der Waals surface area contributed by atoms with E-state index in [4.69, 9.17) is 23.2 Å². The molecule has 0 spiro atoms. The molecule has 0 unspecified atom stereocenters. The smallest absolute Gasteiger partial charge is 0.255 e. The first-order valence-corrected chi connectivity index (χ1v) is 9.03. The predicted octanol–water partition coefficient (Wildman–Crippen LogP) is 2.70. The van der Waals surface area contributed by atoms with Gasteiger partial charge in [-0.05, 0) is 43.5 Å². The summed E-state index contributed by atoms with van der Waals surface area (Å²) in [6, 6.07) is 4.87. The van der Waals surface area contributed by atoms with E-state index in [0.29, 0.717) is 48.3 Å². The van der Waals surface area contributed by atoms with Gasteiger partial charge in [0.15, 0.2) is 0 Å². The van der Waals surface area contributed by atoms with E-state index < -0.39 is 0 Å². The minimum atomic E-state index is -0.115. The molecule has 138 valence electrons. The van der Waals surface area contributed by atoms with Crippen molar-refractivity contribution >= 4 is 47.4 Å². The topological polar surface area (TPSA) is 52.7 Å². The summed E-state index contributed by atoms with van der Waals surface area (Å²) in [5.41, 5.74) is 0.451. The zero-order valence-corrected chi connectivity index (χ0v) is 16.2. The van der Waals surface area contributed by atoms with Crippen molar-refractivity contribution in [1.29, 1.82) is 0 Å². The molecule has 1 aliphatic heterocycles. The lowest BCUT2D eigenvalue weighted by Gasteiger charge is -2.35. The van der Waals surface area contributed by atoms with Crippen LogP contribution in [0.3, 0.4) is 0 Å². The van der Waals surface area contributed by atoms with Crippen molar-refractivity contribution in [2.75, 3.05) is 39.3 Å². The zero-order chi connectivity index (χ0) is 17.1. The molecule has 1 saturated heterocycles. The summed E-state index contributed by atoms with van der Waals surface area (Å²) in [7, 11) is 0. The van der Waals surface area contributed by atoms with Crippen molar-refractivity contribution in [1.82, 2.24) is 15.1 Å². The summed E-state index contributed by atoms with van der Waals surface area (Å²) in [4.78, 5) is 28.3. The maximum absolute atomic E-state index is 12.5. The van der Waals surface area contributed by atoms with E-state index in [1.807, 2.05) is 4.90 Å². The lowest BCUT2D eigenvalue weighted by Crippen LogP contribution is -2.52. The lowest BCUT2D eigenvalue weighted by atomic mass is 10.1. The van der Waals surface area contributed by atoms with Gasteiger partial charge < -0.3 is 15.1 Å². The Morgan fingerprint density at radius 3 is 2.32 bits per heavy atom. The molecule has 2 amide bonds. The molecule has 1 aliphatic carbocycles. The van der Waals surface area contributed by atoms with E-state index in [2.05, 4.69) is 5.32 Å². The normalized spacial score (nSPS) is 17.2. The highest BCUT2D eigenvalue weighted by molar-refractivity contribution is 6.36. The zero-order valence-electron chi connectivity index (χ0n) is 13.8. The number of piperazine rings is 1. The van der Waals surface area contributed by atoms with Gasteiger partial charge in [-0.2, -0.15) is 0 Å². The van der Waals surface area contributed by atoms with Crippen LogP contribution in [0.2, 0.25) is 10.0 Å². The highest BCUT2D eigenvalue weighted by atomic mass is 35.5. The van der Waals surface area contributed by atoms with Gasteiger partial charge in [-0.1, -0.05) is 23.2 Å². The van der Waals surface area contributed by atoms with Gasteiger partial charge in [0.2, 0.25) is 5.91 Å². The molecule has 1 saturated carbocycles. The van der Waals surface area contributed by atoms with Crippen molar-refractivity contribution in [3.63, 3.8) is 0 Å². The van der Waals surface area contributed by atoms with E-state index in [1.165, 1.54) is 12.8 Å². The van der Waals surface area contributed by atoms with Crippen LogP contribution in [-0.2, 0) is 4.79 Å². The molecule has 1 aromatic rings. The van der Waals surface area contributed by atoms with Gasteiger partial charge in [-0.25, -0.2) is 0 Å². The van der Waals surface area contributed by atoms with Crippen LogP contribution in [0.25, 0.3) is 0 Å². The summed E-state index contributed by atoms with van der Waals surface area (Å²) in [6.07, 6.45) is 2.55. The first-order valence-electron chi connectivity index (χ1n) is 8.27.